The van der Waals surface area contributed by atoms with Crippen molar-refractivity contribution in [1.29, 1.82) is 0 Å². The fourth-order valence-corrected chi connectivity index (χ4v) is 2.17. The molecule has 0 radical (unpaired) electrons. The van der Waals surface area contributed by atoms with Gasteiger partial charge in [0.25, 0.3) is 0 Å². The lowest BCUT2D eigenvalue weighted by atomic mass is 9.84. The summed E-state index contributed by atoms with van der Waals surface area (Å²) in [5, 5.41) is 0. The van der Waals surface area contributed by atoms with Crippen LogP contribution >= 0.6 is 0 Å². The standard InChI is InChI=1S/C14H32N2/c1-11(2)12(3)16(7)10-13(9-15)8-14(4,5)6/h11-13H,8-10,15H2,1-7H3. The third kappa shape index (κ3) is 6.49. The molecule has 2 nitrogen and oxygen atoms in total. The number of nitrogens with two attached hydrogens (primary N) is 1. The van der Waals surface area contributed by atoms with Crippen molar-refractivity contribution >= 4 is 0 Å². The van der Waals surface area contributed by atoms with E-state index >= 15 is 0 Å². The lowest BCUT2D eigenvalue weighted by Gasteiger charge is -2.33. The lowest BCUT2D eigenvalue weighted by Crippen LogP contribution is -2.39. The van der Waals surface area contributed by atoms with Crippen LogP contribution in [0.3, 0.4) is 0 Å². The molecule has 0 fully saturated rings. The predicted octanol–water partition coefficient (Wildman–Crippen LogP) is 2.97. The first-order chi connectivity index (χ1) is 7.17. The van der Waals surface area contributed by atoms with E-state index in [1.165, 1.54) is 6.42 Å². The van der Waals surface area contributed by atoms with Crippen molar-refractivity contribution in [3.05, 3.63) is 0 Å². The van der Waals surface area contributed by atoms with E-state index < -0.39 is 0 Å². The molecule has 0 aromatic rings. The zero-order valence-corrected chi connectivity index (χ0v) is 12.4. The van der Waals surface area contributed by atoms with E-state index in [0.29, 0.717) is 23.3 Å². The van der Waals surface area contributed by atoms with Gasteiger partial charge in [0.2, 0.25) is 0 Å². The summed E-state index contributed by atoms with van der Waals surface area (Å²) >= 11 is 0. The zero-order valence-electron chi connectivity index (χ0n) is 12.4. The fourth-order valence-electron chi connectivity index (χ4n) is 2.17. The minimum Gasteiger partial charge on any atom is -0.330 e. The Hall–Kier alpha value is -0.0800. The lowest BCUT2D eigenvalue weighted by molar-refractivity contribution is 0.158. The number of hydrogen-bond donors (Lipinski definition) is 1. The highest BCUT2D eigenvalue weighted by Crippen LogP contribution is 2.25. The Bertz CT molecular complexity index is 182. The predicted molar refractivity (Wildman–Crippen MR) is 73.5 cm³/mol. The summed E-state index contributed by atoms with van der Waals surface area (Å²) in [5.41, 5.74) is 6.26. The first kappa shape index (κ1) is 15.9. The van der Waals surface area contributed by atoms with Gasteiger partial charge < -0.3 is 10.6 Å². The van der Waals surface area contributed by atoms with Crippen molar-refractivity contribution < 1.29 is 0 Å². The monoisotopic (exact) mass is 228 g/mol. The van der Waals surface area contributed by atoms with Gasteiger partial charge in [-0.1, -0.05) is 34.6 Å². The summed E-state index contributed by atoms with van der Waals surface area (Å²) in [4.78, 5) is 2.45. The minimum atomic E-state index is 0.381. The summed E-state index contributed by atoms with van der Waals surface area (Å²) in [6.45, 7) is 15.7. The van der Waals surface area contributed by atoms with Gasteiger partial charge in [0.15, 0.2) is 0 Å². The Kier molecular flexibility index (Phi) is 6.57. The van der Waals surface area contributed by atoms with E-state index in [-0.39, 0.29) is 0 Å². The van der Waals surface area contributed by atoms with E-state index in [9.17, 15) is 0 Å². The average Bonchev–Trinajstić information content (AvgIpc) is 2.13. The fraction of sp³-hybridized carbons (Fsp3) is 1.00. The van der Waals surface area contributed by atoms with Crippen molar-refractivity contribution in [2.75, 3.05) is 20.1 Å². The van der Waals surface area contributed by atoms with Crippen LogP contribution in [-0.2, 0) is 0 Å². The third-order valence-electron chi connectivity index (χ3n) is 3.44. The molecular weight excluding hydrogens is 196 g/mol. The second-order valence-corrected chi connectivity index (χ2v) is 6.79. The van der Waals surface area contributed by atoms with Crippen molar-refractivity contribution in [2.45, 2.75) is 54.0 Å². The van der Waals surface area contributed by atoms with Crippen LogP contribution in [0.15, 0.2) is 0 Å². The number of hydrogen-bond acceptors (Lipinski definition) is 2. The van der Waals surface area contributed by atoms with E-state index in [0.717, 1.165) is 13.1 Å². The Morgan fingerprint density at radius 3 is 1.94 bits per heavy atom. The molecule has 16 heavy (non-hydrogen) atoms. The molecule has 98 valence electrons. The van der Waals surface area contributed by atoms with Gasteiger partial charge in [-0.2, -0.15) is 0 Å². The van der Waals surface area contributed by atoms with Gasteiger partial charge in [-0.25, -0.2) is 0 Å². The summed E-state index contributed by atoms with van der Waals surface area (Å²) in [6.07, 6.45) is 1.21. The van der Waals surface area contributed by atoms with E-state index in [1.54, 1.807) is 0 Å². The van der Waals surface area contributed by atoms with Crippen molar-refractivity contribution in [3.63, 3.8) is 0 Å². The molecule has 0 spiro atoms. The molecule has 0 aliphatic rings. The van der Waals surface area contributed by atoms with Crippen LogP contribution in [0.25, 0.3) is 0 Å². The Balaban J connectivity index is 4.22. The van der Waals surface area contributed by atoms with E-state index in [1.807, 2.05) is 0 Å². The summed E-state index contributed by atoms with van der Waals surface area (Å²) in [7, 11) is 2.22. The van der Waals surface area contributed by atoms with E-state index in [4.69, 9.17) is 5.73 Å². The van der Waals surface area contributed by atoms with Crippen LogP contribution < -0.4 is 5.73 Å². The highest BCUT2D eigenvalue weighted by molar-refractivity contribution is 4.75. The van der Waals surface area contributed by atoms with Gasteiger partial charge in [-0.15, -0.1) is 0 Å². The SMILES string of the molecule is CC(C)C(C)N(C)CC(CN)CC(C)(C)C. The zero-order chi connectivity index (χ0) is 12.9. The van der Waals surface area contributed by atoms with Gasteiger partial charge >= 0.3 is 0 Å². The summed E-state index contributed by atoms with van der Waals surface area (Å²) in [6, 6.07) is 0.633. The van der Waals surface area contributed by atoms with Crippen LogP contribution in [0, 0.1) is 17.3 Å². The Morgan fingerprint density at radius 2 is 1.62 bits per heavy atom. The average molecular weight is 228 g/mol. The molecule has 2 unspecified atom stereocenters. The number of rotatable bonds is 6. The molecule has 0 heterocycles. The second-order valence-electron chi connectivity index (χ2n) is 6.79. The van der Waals surface area contributed by atoms with Gasteiger partial charge in [0.05, 0.1) is 0 Å². The van der Waals surface area contributed by atoms with Gasteiger partial charge in [-0.3, -0.25) is 0 Å². The topological polar surface area (TPSA) is 29.3 Å². The largest absolute Gasteiger partial charge is 0.330 e. The minimum absolute atomic E-state index is 0.381. The summed E-state index contributed by atoms with van der Waals surface area (Å²) in [5.74, 6) is 1.32. The Morgan fingerprint density at radius 1 is 1.12 bits per heavy atom. The second kappa shape index (κ2) is 6.61. The molecule has 2 N–H and O–H groups in total. The smallest absolute Gasteiger partial charge is 0.00870 e. The van der Waals surface area contributed by atoms with Crippen molar-refractivity contribution in [2.24, 2.45) is 23.0 Å². The summed E-state index contributed by atoms with van der Waals surface area (Å²) < 4.78 is 0. The van der Waals surface area contributed by atoms with Crippen LogP contribution in [0.4, 0.5) is 0 Å². The maximum atomic E-state index is 5.88. The molecule has 0 saturated heterocycles. The molecule has 0 aromatic heterocycles. The first-order valence-electron chi connectivity index (χ1n) is 6.57. The quantitative estimate of drug-likeness (QED) is 0.757. The molecule has 0 aliphatic heterocycles. The molecular formula is C14H32N2. The highest BCUT2D eigenvalue weighted by Gasteiger charge is 2.21. The van der Waals surface area contributed by atoms with Crippen LogP contribution in [-0.4, -0.2) is 31.1 Å². The molecule has 2 atom stereocenters. The molecule has 0 aliphatic carbocycles. The molecule has 0 bridgehead atoms. The first-order valence-corrected chi connectivity index (χ1v) is 6.57. The van der Waals surface area contributed by atoms with Crippen molar-refractivity contribution in [1.82, 2.24) is 4.90 Å². The maximum absolute atomic E-state index is 5.88. The third-order valence-corrected chi connectivity index (χ3v) is 3.44. The van der Waals surface area contributed by atoms with Crippen LogP contribution in [0.1, 0.15) is 48.0 Å². The maximum Gasteiger partial charge on any atom is 0.00870 e. The van der Waals surface area contributed by atoms with Gasteiger partial charge in [0.1, 0.15) is 0 Å². The van der Waals surface area contributed by atoms with Crippen LogP contribution in [0.2, 0.25) is 0 Å². The molecule has 2 heteroatoms. The molecule has 0 rings (SSSR count). The normalized spacial score (nSPS) is 16.9. The Labute approximate surface area is 103 Å². The van der Waals surface area contributed by atoms with Crippen LogP contribution in [0.5, 0.6) is 0 Å². The van der Waals surface area contributed by atoms with Crippen molar-refractivity contribution in [3.8, 4) is 0 Å². The van der Waals surface area contributed by atoms with E-state index in [2.05, 4.69) is 53.5 Å². The highest BCUT2D eigenvalue weighted by atomic mass is 15.1. The molecule has 0 saturated carbocycles. The van der Waals surface area contributed by atoms with Gasteiger partial charge in [0, 0.05) is 12.6 Å². The molecule has 0 amide bonds. The molecule has 0 aromatic carbocycles. The van der Waals surface area contributed by atoms with Gasteiger partial charge in [-0.05, 0) is 44.2 Å². The number of nitrogens with zero attached hydrogens (tertiary/aromatic N) is 1.